The van der Waals surface area contributed by atoms with Gasteiger partial charge in [-0.1, -0.05) is 18.2 Å². The van der Waals surface area contributed by atoms with E-state index in [4.69, 9.17) is 4.98 Å². The number of aryl methyl sites for hydroxylation is 2. The fourth-order valence-corrected chi connectivity index (χ4v) is 6.28. The number of likely N-dealkylation sites (tertiary alicyclic amines) is 1. The third-order valence-electron chi connectivity index (χ3n) is 8.28. The van der Waals surface area contributed by atoms with Crippen LogP contribution in [0, 0.1) is 6.92 Å². The Bertz CT molecular complexity index is 1180. The summed E-state index contributed by atoms with van der Waals surface area (Å²) in [6.07, 6.45) is 8.15. The number of carbonyl (C=O) groups excluding carboxylic acids is 1. The molecular formula is C25H30N6O. The maximum absolute atomic E-state index is 12.9. The molecule has 7 heteroatoms. The van der Waals surface area contributed by atoms with E-state index in [1.807, 2.05) is 30.7 Å². The first-order valence-electron chi connectivity index (χ1n) is 11.9. The Morgan fingerprint density at radius 3 is 2.59 bits per heavy atom. The summed E-state index contributed by atoms with van der Waals surface area (Å²) >= 11 is 0. The number of hydrogen-bond donors (Lipinski definition) is 1. The molecular weight excluding hydrogens is 400 g/mol. The molecule has 2 aliphatic heterocycles. The van der Waals surface area contributed by atoms with Gasteiger partial charge in [-0.3, -0.25) is 4.79 Å². The van der Waals surface area contributed by atoms with Crippen LogP contribution in [0.2, 0.25) is 0 Å². The quantitative estimate of drug-likeness (QED) is 0.671. The second kappa shape index (κ2) is 7.37. The van der Waals surface area contributed by atoms with Crippen molar-refractivity contribution in [2.45, 2.75) is 62.8 Å². The van der Waals surface area contributed by atoms with E-state index in [0.717, 1.165) is 67.1 Å². The third kappa shape index (κ3) is 2.90. The lowest BCUT2D eigenvalue weighted by molar-refractivity contribution is -0.122. The van der Waals surface area contributed by atoms with E-state index in [0.29, 0.717) is 12.0 Å². The highest BCUT2D eigenvalue weighted by atomic mass is 16.2. The zero-order chi connectivity index (χ0) is 21.9. The van der Waals surface area contributed by atoms with Crippen molar-refractivity contribution in [1.82, 2.24) is 24.4 Å². The standard InChI is InChI=1S/C25H30N6O/c1-16-28-22-21(26-15-27-23(22)30(16)2)17-7-9-18(10-8-17)31-13-11-25(12-14-31)19-5-3-4-6-20(19)29-24(25)32/h3-6,15,17-18H,7-14H2,1-2H3,(H,29,32). The fraction of sp³-hybridized carbons (Fsp3) is 0.520. The Morgan fingerprint density at radius 2 is 1.81 bits per heavy atom. The predicted molar refractivity (Wildman–Crippen MR) is 124 cm³/mol. The van der Waals surface area contributed by atoms with Gasteiger partial charge in [-0.05, 0) is 70.2 Å². The molecule has 0 bridgehead atoms. The smallest absolute Gasteiger partial charge is 0.235 e. The second-order valence-corrected chi connectivity index (χ2v) is 9.77. The van der Waals surface area contributed by atoms with Crippen LogP contribution < -0.4 is 5.32 Å². The fourth-order valence-electron chi connectivity index (χ4n) is 6.28. The lowest BCUT2D eigenvalue weighted by Crippen LogP contribution is -2.50. The summed E-state index contributed by atoms with van der Waals surface area (Å²) in [5, 5.41) is 3.12. The van der Waals surface area contributed by atoms with Crippen LogP contribution in [0.3, 0.4) is 0 Å². The Kier molecular flexibility index (Phi) is 4.57. The minimum Gasteiger partial charge on any atom is -0.325 e. The van der Waals surface area contributed by atoms with Gasteiger partial charge in [-0.25, -0.2) is 15.0 Å². The Hall–Kier alpha value is -2.80. The van der Waals surface area contributed by atoms with Crippen molar-refractivity contribution in [3.63, 3.8) is 0 Å². The van der Waals surface area contributed by atoms with E-state index >= 15 is 0 Å². The maximum Gasteiger partial charge on any atom is 0.235 e. The molecule has 4 heterocycles. The van der Waals surface area contributed by atoms with Gasteiger partial charge in [0.15, 0.2) is 5.65 Å². The van der Waals surface area contributed by atoms with Crippen molar-refractivity contribution in [2.24, 2.45) is 7.05 Å². The first kappa shape index (κ1) is 19.9. The SMILES string of the molecule is Cc1nc2c(C3CCC(N4CCC5(CC4)C(=O)Nc4ccccc45)CC3)ncnc2n1C. The van der Waals surface area contributed by atoms with Crippen molar-refractivity contribution in [3.8, 4) is 0 Å². The van der Waals surface area contributed by atoms with Crippen LogP contribution in [0.15, 0.2) is 30.6 Å². The van der Waals surface area contributed by atoms with E-state index < -0.39 is 0 Å². The second-order valence-electron chi connectivity index (χ2n) is 9.77. The summed E-state index contributed by atoms with van der Waals surface area (Å²) in [6.45, 7) is 4.01. The molecule has 3 aliphatic rings. The number of aromatic nitrogens is 4. The number of rotatable bonds is 2. The van der Waals surface area contributed by atoms with Crippen molar-refractivity contribution in [3.05, 3.63) is 47.7 Å². The molecule has 6 rings (SSSR count). The number of carbonyl (C=O) groups is 1. The molecule has 0 radical (unpaired) electrons. The van der Waals surface area contributed by atoms with E-state index in [-0.39, 0.29) is 11.3 Å². The highest BCUT2D eigenvalue weighted by Crippen LogP contribution is 2.46. The molecule has 1 saturated heterocycles. The Labute approximate surface area is 188 Å². The van der Waals surface area contributed by atoms with Crippen LogP contribution in [0.1, 0.15) is 61.5 Å². The summed E-state index contributed by atoms with van der Waals surface area (Å²) in [6, 6.07) is 8.83. The molecule has 0 atom stereocenters. The Morgan fingerprint density at radius 1 is 1.06 bits per heavy atom. The zero-order valence-electron chi connectivity index (χ0n) is 18.8. The minimum atomic E-state index is -0.326. The lowest BCUT2D eigenvalue weighted by atomic mass is 9.73. The highest BCUT2D eigenvalue weighted by molar-refractivity contribution is 6.06. The minimum absolute atomic E-state index is 0.195. The molecule has 7 nitrogen and oxygen atoms in total. The number of hydrogen-bond acceptors (Lipinski definition) is 5. The summed E-state index contributed by atoms with van der Waals surface area (Å²) in [4.78, 5) is 29.4. The summed E-state index contributed by atoms with van der Waals surface area (Å²) in [5.41, 5.74) is 4.91. The van der Waals surface area contributed by atoms with E-state index in [1.54, 1.807) is 6.33 Å². The van der Waals surface area contributed by atoms with Crippen LogP contribution in [0.25, 0.3) is 11.2 Å². The van der Waals surface area contributed by atoms with Crippen molar-refractivity contribution in [2.75, 3.05) is 18.4 Å². The van der Waals surface area contributed by atoms with Crippen LogP contribution in [0.5, 0.6) is 0 Å². The number of anilines is 1. The first-order chi connectivity index (χ1) is 15.6. The van der Waals surface area contributed by atoms with Gasteiger partial charge < -0.3 is 14.8 Å². The number of nitrogens with zero attached hydrogens (tertiary/aromatic N) is 5. The van der Waals surface area contributed by atoms with Gasteiger partial charge in [0.05, 0.1) is 11.1 Å². The molecule has 1 amide bonds. The normalized spacial score (nSPS) is 25.2. The number of fused-ring (bicyclic) bond motifs is 3. The average Bonchev–Trinajstić information content (AvgIpc) is 3.27. The van der Waals surface area contributed by atoms with Gasteiger partial charge in [0, 0.05) is 24.7 Å². The summed E-state index contributed by atoms with van der Waals surface area (Å²) in [7, 11) is 2.02. The molecule has 1 aliphatic carbocycles. The third-order valence-corrected chi connectivity index (χ3v) is 8.28. The summed E-state index contributed by atoms with van der Waals surface area (Å²) in [5.74, 6) is 1.63. The zero-order valence-corrected chi connectivity index (χ0v) is 18.8. The van der Waals surface area contributed by atoms with Gasteiger partial charge in [0.2, 0.25) is 5.91 Å². The Balaban J connectivity index is 1.13. The highest BCUT2D eigenvalue weighted by Gasteiger charge is 2.49. The first-order valence-corrected chi connectivity index (χ1v) is 11.9. The van der Waals surface area contributed by atoms with Crippen LogP contribution in [-0.2, 0) is 17.3 Å². The van der Waals surface area contributed by atoms with Crippen molar-refractivity contribution in [1.29, 1.82) is 0 Å². The molecule has 1 spiro atoms. The predicted octanol–water partition coefficient (Wildman–Crippen LogP) is 3.68. The number of piperidine rings is 1. The topological polar surface area (TPSA) is 75.9 Å². The summed E-state index contributed by atoms with van der Waals surface area (Å²) < 4.78 is 2.05. The molecule has 1 aromatic carbocycles. The van der Waals surface area contributed by atoms with Crippen LogP contribution in [-0.4, -0.2) is 49.5 Å². The number of nitrogens with one attached hydrogen (secondary N) is 1. The molecule has 0 unspecified atom stereocenters. The van der Waals surface area contributed by atoms with Crippen LogP contribution >= 0.6 is 0 Å². The monoisotopic (exact) mass is 430 g/mol. The largest absolute Gasteiger partial charge is 0.325 e. The molecule has 1 N–H and O–H groups in total. The molecule has 32 heavy (non-hydrogen) atoms. The van der Waals surface area contributed by atoms with Gasteiger partial charge in [0.1, 0.15) is 17.7 Å². The van der Waals surface area contributed by atoms with Gasteiger partial charge >= 0.3 is 0 Å². The molecule has 3 aromatic rings. The molecule has 166 valence electrons. The van der Waals surface area contributed by atoms with Crippen molar-refractivity contribution >= 4 is 22.8 Å². The number of imidazole rings is 1. The lowest BCUT2D eigenvalue weighted by Gasteiger charge is -2.43. The van der Waals surface area contributed by atoms with Gasteiger partial charge in [-0.15, -0.1) is 0 Å². The number of para-hydroxylation sites is 1. The van der Waals surface area contributed by atoms with Gasteiger partial charge in [0.25, 0.3) is 0 Å². The van der Waals surface area contributed by atoms with Crippen LogP contribution in [0.4, 0.5) is 5.69 Å². The number of benzene rings is 1. The number of amides is 1. The van der Waals surface area contributed by atoms with Gasteiger partial charge in [-0.2, -0.15) is 0 Å². The average molecular weight is 431 g/mol. The maximum atomic E-state index is 12.9. The molecule has 2 fully saturated rings. The van der Waals surface area contributed by atoms with E-state index in [1.165, 1.54) is 18.4 Å². The van der Waals surface area contributed by atoms with E-state index in [9.17, 15) is 4.79 Å². The molecule has 2 aromatic heterocycles. The van der Waals surface area contributed by atoms with E-state index in [2.05, 4.69) is 32.3 Å². The molecule has 1 saturated carbocycles. The van der Waals surface area contributed by atoms with Crippen molar-refractivity contribution < 1.29 is 4.79 Å².